The largest absolute Gasteiger partial charge is 0.362 e. The zero-order valence-corrected chi connectivity index (χ0v) is 12.2. The topological polar surface area (TPSA) is 48.5 Å². The highest BCUT2D eigenvalue weighted by molar-refractivity contribution is 7.09. The summed E-state index contributed by atoms with van der Waals surface area (Å²) >= 11 is 1.65. The zero-order valence-electron chi connectivity index (χ0n) is 11.4. The SMILES string of the molecule is Cc1ncsc1CCNC(=O)CCN1C=CN(C)C1. The Hall–Kier alpha value is -1.56. The summed E-state index contributed by atoms with van der Waals surface area (Å²) < 4.78 is 0. The lowest BCUT2D eigenvalue weighted by Crippen LogP contribution is -2.30. The van der Waals surface area contributed by atoms with Gasteiger partial charge in [-0.25, -0.2) is 4.98 Å². The first-order valence-corrected chi connectivity index (χ1v) is 7.31. The molecule has 0 atom stereocenters. The molecule has 1 aliphatic rings. The van der Waals surface area contributed by atoms with E-state index in [-0.39, 0.29) is 5.91 Å². The molecule has 0 spiro atoms. The van der Waals surface area contributed by atoms with Gasteiger partial charge in [-0.15, -0.1) is 11.3 Å². The van der Waals surface area contributed by atoms with Crippen molar-refractivity contribution in [2.45, 2.75) is 19.8 Å². The average molecular weight is 280 g/mol. The van der Waals surface area contributed by atoms with Crippen LogP contribution in [0.4, 0.5) is 0 Å². The first-order chi connectivity index (χ1) is 9.15. The van der Waals surface area contributed by atoms with Crippen molar-refractivity contribution in [3.8, 4) is 0 Å². The maximum Gasteiger partial charge on any atom is 0.221 e. The van der Waals surface area contributed by atoms with Gasteiger partial charge in [0.15, 0.2) is 0 Å². The Kier molecular flexibility index (Phi) is 4.79. The first kappa shape index (κ1) is 13.9. The standard InChI is InChI=1S/C13H20N4OS/c1-11-12(19-9-15-11)3-5-14-13(18)4-6-17-8-7-16(2)10-17/h7-9H,3-6,10H2,1-2H3,(H,14,18). The monoisotopic (exact) mass is 280 g/mol. The minimum atomic E-state index is 0.116. The summed E-state index contributed by atoms with van der Waals surface area (Å²) in [6.45, 7) is 4.33. The fraction of sp³-hybridized carbons (Fsp3) is 0.538. The second kappa shape index (κ2) is 6.56. The summed E-state index contributed by atoms with van der Waals surface area (Å²) in [4.78, 5) is 21.4. The predicted octanol–water partition coefficient (Wildman–Crippen LogP) is 1.18. The van der Waals surface area contributed by atoms with Crippen LogP contribution in [0.2, 0.25) is 0 Å². The third-order valence-electron chi connectivity index (χ3n) is 3.08. The highest BCUT2D eigenvalue weighted by Gasteiger charge is 2.10. The van der Waals surface area contributed by atoms with Crippen molar-refractivity contribution >= 4 is 17.2 Å². The maximum absolute atomic E-state index is 11.7. The second-order valence-electron chi connectivity index (χ2n) is 4.72. The van der Waals surface area contributed by atoms with Crippen molar-refractivity contribution in [1.29, 1.82) is 0 Å². The number of nitrogens with zero attached hydrogens (tertiary/aromatic N) is 3. The first-order valence-electron chi connectivity index (χ1n) is 6.43. The Labute approximate surface area is 117 Å². The van der Waals surface area contributed by atoms with Gasteiger partial charge >= 0.3 is 0 Å². The number of nitrogens with one attached hydrogen (secondary N) is 1. The molecule has 0 radical (unpaired) electrons. The molecule has 104 valence electrons. The van der Waals surface area contributed by atoms with E-state index in [1.54, 1.807) is 11.3 Å². The van der Waals surface area contributed by atoms with E-state index in [9.17, 15) is 4.79 Å². The number of rotatable bonds is 6. The smallest absolute Gasteiger partial charge is 0.221 e. The van der Waals surface area contributed by atoms with E-state index in [1.807, 2.05) is 31.9 Å². The number of hydrogen-bond acceptors (Lipinski definition) is 5. The highest BCUT2D eigenvalue weighted by atomic mass is 32.1. The van der Waals surface area contributed by atoms with Crippen LogP contribution in [0.5, 0.6) is 0 Å². The van der Waals surface area contributed by atoms with Gasteiger partial charge in [-0.2, -0.15) is 0 Å². The number of amides is 1. The van der Waals surface area contributed by atoms with Gasteiger partial charge in [-0.3, -0.25) is 4.79 Å². The zero-order chi connectivity index (χ0) is 13.7. The average Bonchev–Trinajstić information content (AvgIpc) is 2.96. The molecular formula is C13H20N4OS. The van der Waals surface area contributed by atoms with Crippen molar-refractivity contribution in [2.24, 2.45) is 0 Å². The molecule has 0 aromatic carbocycles. The fourth-order valence-electron chi connectivity index (χ4n) is 1.95. The fourth-order valence-corrected chi connectivity index (χ4v) is 2.73. The summed E-state index contributed by atoms with van der Waals surface area (Å²) in [6, 6.07) is 0. The Morgan fingerprint density at radius 3 is 3.00 bits per heavy atom. The van der Waals surface area contributed by atoms with Crippen LogP contribution in [-0.2, 0) is 11.2 Å². The molecule has 6 heteroatoms. The van der Waals surface area contributed by atoms with Crippen LogP contribution in [0, 0.1) is 6.92 Å². The van der Waals surface area contributed by atoms with E-state index in [4.69, 9.17) is 0 Å². The second-order valence-corrected chi connectivity index (χ2v) is 5.66. The molecule has 0 unspecified atom stereocenters. The van der Waals surface area contributed by atoms with E-state index in [1.165, 1.54) is 4.88 Å². The number of carbonyl (C=O) groups is 1. The molecule has 1 N–H and O–H groups in total. The summed E-state index contributed by atoms with van der Waals surface area (Å²) in [5, 5.41) is 2.96. The molecule has 0 bridgehead atoms. The number of thiazole rings is 1. The number of carbonyl (C=O) groups excluding carboxylic acids is 1. The molecule has 2 heterocycles. The van der Waals surface area contributed by atoms with E-state index >= 15 is 0 Å². The molecule has 1 aromatic rings. The molecule has 0 fully saturated rings. The third-order valence-corrected chi connectivity index (χ3v) is 4.08. The van der Waals surface area contributed by atoms with Crippen molar-refractivity contribution in [2.75, 3.05) is 26.8 Å². The quantitative estimate of drug-likeness (QED) is 0.850. The molecule has 5 nitrogen and oxygen atoms in total. The molecule has 0 saturated heterocycles. The summed E-state index contributed by atoms with van der Waals surface area (Å²) in [5.41, 5.74) is 2.92. The number of aryl methyl sites for hydroxylation is 1. The molecule has 2 rings (SSSR count). The lowest BCUT2D eigenvalue weighted by Gasteiger charge is -2.17. The molecule has 1 aliphatic heterocycles. The van der Waals surface area contributed by atoms with Gasteiger partial charge in [0.1, 0.15) is 0 Å². The summed E-state index contributed by atoms with van der Waals surface area (Å²) in [7, 11) is 2.02. The Morgan fingerprint density at radius 1 is 1.53 bits per heavy atom. The Bertz CT molecular complexity index is 457. The van der Waals surface area contributed by atoms with E-state index < -0.39 is 0 Å². The van der Waals surface area contributed by atoms with Gasteiger partial charge < -0.3 is 15.1 Å². The van der Waals surface area contributed by atoms with Crippen LogP contribution in [0.3, 0.4) is 0 Å². The molecule has 1 amide bonds. The van der Waals surface area contributed by atoms with Crippen LogP contribution in [0.25, 0.3) is 0 Å². The van der Waals surface area contributed by atoms with Crippen LogP contribution >= 0.6 is 11.3 Å². The maximum atomic E-state index is 11.7. The minimum Gasteiger partial charge on any atom is -0.362 e. The van der Waals surface area contributed by atoms with Crippen LogP contribution < -0.4 is 5.32 Å². The van der Waals surface area contributed by atoms with E-state index in [2.05, 4.69) is 20.1 Å². The summed E-state index contributed by atoms with van der Waals surface area (Å²) in [5.74, 6) is 0.116. The molecular weight excluding hydrogens is 260 g/mol. The number of hydrogen-bond donors (Lipinski definition) is 1. The van der Waals surface area contributed by atoms with Crippen molar-refractivity contribution in [3.63, 3.8) is 0 Å². The van der Waals surface area contributed by atoms with Crippen LogP contribution in [-0.4, -0.2) is 47.5 Å². The minimum absolute atomic E-state index is 0.116. The Balaban J connectivity index is 1.60. The molecule has 0 aliphatic carbocycles. The lowest BCUT2D eigenvalue weighted by atomic mass is 10.3. The third kappa shape index (κ3) is 4.24. The van der Waals surface area contributed by atoms with Crippen molar-refractivity contribution in [3.05, 3.63) is 28.5 Å². The van der Waals surface area contributed by atoms with Gasteiger partial charge in [-0.05, 0) is 6.92 Å². The van der Waals surface area contributed by atoms with Gasteiger partial charge in [0.05, 0.1) is 17.9 Å². The van der Waals surface area contributed by atoms with Crippen LogP contribution in [0.1, 0.15) is 17.0 Å². The lowest BCUT2D eigenvalue weighted by molar-refractivity contribution is -0.121. The summed E-state index contributed by atoms with van der Waals surface area (Å²) in [6.07, 6.45) is 5.45. The van der Waals surface area contributed by atoms with Crippen LogP contribution in [0.15, 0.2) is 17.9 Å². The van der Waals surface area contributed by atoms with E-state index in [0.29, 0.717) is 13.0 Å². The van der Waals surface area contributed by atoms with Gasteiger partial charge in [0, 0.05) is 50.3 Å². The molecule has 1 aromatic heterocycles. The highest BCUT2D eigenvalue weighted by Crippen LogP contribution is 2.11. The van der Waals surface area contributed by atoms with Gasteiger partial charge in [0.25, 0.3) is 0 Å². The van der Waals surface area contributed by atoms with E-state index in [0.717, 1.165) is 25.3 Å². The Morgan fingerprint density at radius 2 is 2.37 bits per heavy atom. The predicted molar refractivity (Wildman–Crippen MR) is 76.7 cm³/mol. The molecule has 0 saturated carbocycles. The normalized spacial score (nSPS) is 14.2. The van der Waals surface area contributed by atoms with Crippen molar-refractivity contribution < 1.29 is 4.79 Å². The van der Waals surface area contributed by atoms with Crippen molar-refractivity contribution in [1.82, 2.24) is 20.1 Å². The van der Waals surface area contributed by atoms with Gasteiger partial charge in [0.2, 0.25) is 5.91 Å². The molecule has 19 heavy (non-hydrogen) atoms. The van der Waals surface area contributed by atoms with Gasteiger partial charge in [-0.1, -0.05) is 0 Å². The number of aromatic nitrogens is 1.